The number of hydrogen-bond acceptors (Lipinski definition) is 1. The molecule has 1 aliphatic rings. The lowest BCUT2D eigenvalue weighted by Gasteiger charge is -2.19. The lowest BCUT2D eigenvalue weighted by Crippen LogP contribution is -2.08. The highest BCUT2D eigenvalue weighted by Crippen LogP contribution is 2.35. The van der Waals surface area contributed by atoms with E-state index in [1.807, 2.05) is 12.3 Å². The van der Waals surface area contributed by atoms with Gasteiger partial charge in [-0.25, -0.2) is 0 Å². The second kappa shape index (κ2) is 2.69. The Balaban J connectivity index is 2.37. The molecule has 0 bridgehead atoms. The van der Waals surface area contributed by atoms with Crippen LogP contribution in [0.4, 0.5) is 0 Å². The zero-order chi connectivity index (χ0) is 9.47. The van der Waals surface area contributed by atoms with Gasteiger partial charge < -0.3 is 0 Å². The summed E-state index contributed by atoms with van der Waals surface area (Å²) in [4.78, 5) is 4.35. The molecule has 2 rings (SSSR count). The van der Waals surface area contributed by atoms with Crippen molar-refractivity contribution in [3.63, 3.8) is 0 Å². The van der Waals surface area contributed by atoms with Crippen molar-refractivity contribution in [2.45, 2.75) is 27.2 Å². The summed E-state index contributed by atoms with van der Waals surface area (Å²) >= 11 is 0. The van der Waals surface area contributed by atoms with Crippen LogP contribution in [0, 0.1) is 5.41 Å². The molecule has 0 saturated heterocycles. The Morgan fingerprint density at radius 2 is 2.08 bits per heavy atom. The van der Waals surface area contributed by atoms with Crippen molar-refractivity contribution in [2.75, 3.05) is 0 Å². The lowest BCUT2D eigenvalue weighted by molar-refractivity contribution is 0.498. The summed E-state index contributed by atoms with van der Waals surface area (Å²) in [6.07, 6.45) is 5.17. The molecule has 0 amide bonds. The zero-order valence-corrected chi connectivity index (χ0v) is 8.46. The highest BCUT2D eigenvalue weighted by molar-refractivity contribution is 5.61. The van der Waals surface area contributed by atoms with Crippen molar-refractivity contribution in [1.29, 1.82) is 0 Å². The Morgan fingerprint density at radius 1 is 1.31 bits per heavy atom. The molecule has 0 N–H and O–H groups in total. The van der Waals surface area contributed by atoms with E-state index in [9.17, 15) is 0 Å². The minimum absolute atomic E-state index is 0.278. The largest absolute Gasteiger partial charge is 0.257 e. The molecule has 1 heteroatoms. The van der Waals surface area contributed by atoms with Gasteiger partial charge in [-0.3, -0.25) is 4.98 Å². The molecule has 0 atom stereocenters. The average Bonchev–Trinajstić information content (AvgIpc) is 2.45. The smallest absolute Gasteiger partial charge is 0.0664 e. The van der Waals surface area contributed by atoms with E-state index >= 15 is 0 Å². The van der Waals surface area contributed by atoms with Crippen LogP contribution < -0.4 is 0 Å². The fourth-order valence-corrected chi connectivity index (χ4v) is 1.63. The van der Waals surface area contributed by atoms with E-state index < -0.39 is 0 Å². The molecule has 1 nitrogen and oxygen atoms in total. The van der Waals surface area contributed by atoms with Gasteiger partial charge in [-0.2, -0.15) is 0 Å². The van der Waals surface area contributed by atoms with Gasteiger partial charge in [0.2, 0.25) is 0 Å². The summed E-state index contributed by atoms with van der Waals surface area (Å²) in [5.41, 5.74) is 4.29. The van der Waals surface area contributed by atoms with Crippen molar-refractivity contribution in [3.05, 3.63) is 35.2 Å². The molecule has 1 heterocycles. The first-order valence-corrected chi connectivity index (χ1v) is 4.72. The first-order valence-electron chi connectivity index (χ1n) is 4.72. The van der Waals surface area contributed by atoms with Crippen LogP contribution in [0.2, 0.25) is 0 Å². The van der Waals surface area contributed by atoms with Gasteiger partial charge in [0, 0.05) is 6.20 Å². The normalized spacial score (nSPS) is 15.5. The Morgan fingerprint density at radius 3 is 2.69 bits per heavy atom. The third-order valence-electron chi connectivity index (χ3n) is 2.58. The van der Waals surface area contributed by atoms with Gasteiger partial charge in [-0.05, 0) is 29.5 Å². The van der Waals surface area contributed by atoms with E-state index in [1.165, 1.54) is 11.1 Å². The summed E-state index contributed by atoms with van der Waals surface area (Å²) < 4.78 is 0. The first kappa shape index (κ1) is 8.49. The van der Waals surface area contributed by atoms with Crippen molar-refractivity contribution < 1.29 is 0 Å². The monoisotopic (exact) mass is 173 g/mol. The molecule has 1 aromatic rings. The van der Waals surface area contributed by atoms with Crippen LogP contribution in [0.15, 0.2) is 23.9 Å². The minimum atomic E-state index is 0.278. The maximum absolute atomic E-state index is 4.35. The maximum atomic E-state index is 4.35. The van der Waals surface area contributed by atoms with E-state index in [4.69, 9.17) is 0 Å². The number of nitrogens with zero attached hydrogens (tertiary/aromatic N) is 1. The van der Waals surface area contributed by atoms with Crippen LogP contribution in [0.3, 0.4) is 0 Å². The van der Waals surface area contributed by atoms with Gasteiger partial charge in [-0.15, -0.1) is 0 Å². The molecule has 68 valence electrons. The molecule has 0 spiro atoms. The van der Waals surface area contributed by atoms with Gasteiger partial charge in [0.15, 0.2) is 0 Å². The SMILES string of the molecule is CC(C)(C)C1=Cc2ncccc2C1. The predicted molar refractivity (Wildman–Crippen MR) is 55.4 cm³/mol. The van der Waals surface area contributed by atoms with E-state index in [0.717, 1.165) is 12.1 Å². The average molecular weight is 173 g/mol. The molecule has 0 unspecified atom stereocenters. The molecule has 0 radical (unpaired) electrons. The molecule has 0 fully saturated rings. The summed E-state index contributed by atoms with van der Waals surface area (Å²) in [5, 5.41) is 0. The van der Waals surface area contributed by atoms with Crippen LogP contribution >= 0.6 is 0 Å². The number of rotatable bonds is 0. The highest BCUT2D eigenvalue weighted by Gasteiger charge is 2.22. The molecule has 13 heavy (non-hydrogen) atoms. The van der Waals surface area contributed by atoms with E-state index in [-0.39, 0.29) is 5.41 Å². The standard InChI is InChI=1S/C12H15N/c1-12(2,3)10-7-9-5-4-6-13-11(9)8-10/h4-6,8H,7H2,1-3H3. The number of hydrogen-bond donors (Lipinski definition) is 0. The van der Waals surface area contributed by atoms with Crippen molar-refractivity contribution in [1.82, 2.24) is 4.98 Å². The van der Waals surface area contributed by atoms with Crippen LogP contribution in [0.5, 0.6) is 0 Å². The summed E-state index contributed by atoms with van der Waals surface area (Å²) in [6, 6.07) is 4.18. The van der Waals surface area contributed by atoms with E-state index in [0.29, 0.717) is 0 Å². The first-order chi connectivity index (χ1) is 6.07. The molecule has 0 aliphatic heterocycles. The van der Waals surface area contributed by atoms with Gasteiger partial charge in [-0.1, -0.05) is 32.4 Å². The Hall–Kier alpha value is -1.11. The fraction of sp³-hybridized carbons (Fsp3) is 0.417. The zero-order valence-electron chi connectivity index (χ0n) is 8.46. The molecule has 1 aliphatic carbocycles. The van der Waals surface area contributed by atoms with Gasteiger partial charge >= 0.3 is 0 Å². The predicted octanol–water partition coefficient (Wildman–Crippen LogP) is 3.07. The quantitative estimate of drug-likeness (QED) is 0.587. The summed E-state index contributed by atoms with van der Waals surface area (Å²) in [6.45, 7) is 6.76. The van der Waals surface area contributed by atoms with Crippen LogP contribution in [0.25, 0.3) is 6.08 Å². The molecule has 0 aromatic carbocycles. The molecule has 1 aromatic heterocycles. The summed E-state index contributed by atoms with van der Waals surface area (Å²) in [5.74, 6) is 0. The van der Waals surface area contributed by atoms with E-state index in [2.05, 4.69) is 37.9 Å². The van der Waals surface area contributed by atoms with Crippen LogP contribution in [0.1, 0.15) is 32.0 Å². The number of pyridine rings is 1. The molecule has 0 saturated carbocycles. The lowest BCUT2D eigenvalue weighted by atomic mass is 9.85. The maximum Gasteiger partial charge on any atom is 0.0664 e. The van der Waals surface area contributed by atoms with Crippen LogP contribution in [-0.2, 0) is 6.42 Å². The van der Waals surface area contributed by atoms with Gasteiger partial charge in [0.25, 0.3) is 0 Å². The van der Waals surface area contributed by atoms with Gasteiger partial charge in [0.1, 0.15) is 0 Å². The Bertz CT molecular complexity index is 356. The number of fused-ring (bicyclic) bond motifs is 1. The van der Waals surface area contributed by atoms with Gasteiger partial charge in [0.05, 0.1) is 5.69 Å². The third kappa shape index (κ3) is 1.51. The topological polar surface area (TPSA) is 12.9 Å². The van der Waals surface area contributed by atoms with Crippen molar-refractivity contribution in [3.8, 4) is 0 Å². The van der Waals surface area contributed by atoms with Crippen molar-refractivity contribution >= 4 is 6.08 Å². The Labute approximate surface area is 79.5 Å². The minimum Gasteiger partial charge on any atom is -0.257 e. The van der Waals surface area contributed by atoms with Crippen LogP contribution in [-0.4, -0.2) is 4.98 Å². The second-order valence-electron chi connectivity index (χ2n) is 4.64. The van der Waals surface area contributed by atoms with E-state index in [1.54, 1.807) is 0 Å². The van der Waals surface area contributed by atoms with Crippen molar-refractivity contribution in [2.24, 2.45) is 5.41 Å². The Kier molecular flexibility index (Phi) is 1.76. The molecular weight excluding hydrogens is 158 g/mol. The number of aromatic nitrogens is 1. The second-order valence-corrected chi connectivity index (χ2v) is 4.64. The third-order valence-corrected chi connectivity index (χ3v) is 2.58. The summed E-state index contributed by atoms with van der Waals surface area (Å²) in [7, 11) is 0. The number of allylic oxidation sites excluding steroid dienone is 1. The fourth-order valence-electron chi connectivity index (χ4n) is 1.63. The molecular formula is C12H15N. The highest BCUT2D eigenvalue weighted by atomic mass is 14.7.